The fourth-order valence-electron chi connectivity index (χ4n) is 2.27. The third kappa shape index (κ3) is 3.74. The minimum absolute atomic E-state index is 0.172. The third-order valence-corrected chi connectivity index (χ3v) is 4.70. The number of likely N-dealkylation sites (N-methyl/N-ethyl adjacent to an activating group) is 1. The molecule has 6 heteroatoms. The Kier molecular flexibility index (Phi) is 4.57. The Labute approximate surface area is 138 Å². The monoisotopic (exact) mass is 333 g/mol. The van der Waals surface area contributed by atoms with E-state index in [1.807, 2.05) is 12.1 Å². The number of halogens is 1. The van der Waals surface area contributed by atoms with E-state index in [9.17, 15) is 4.79 Å². The van der Waals surface area contributed by atoms with Crippen molar-refractivity contribution in [2.75, 3.05) is 18.9 Å². The number of carbonyl (C=O) groups excluding carboxylic acids is 1. The Morgan fingerprint density at radius 3 is 2.95 bits per heavy atom. The summed E-state index contributed by atoms with van der Waals surface area (Å²) in [5, 5.41) is 4.19. The molecule has 0 fully saturated rings. The van der Waals surface area contributed by atoms with Crippen molar-refractivity contribution >= 4 is 40.1 Å². The molecule has 1 aliphatic rings. The number of carbonyl (C=O) groups is 1. The van der Waals surface area contributed by atoms with E-state index in [2.05, 4.69) is 22.2 Å². The number of amides is 1. The number of aromatic nitrogens is 1. The van der Waals surface area contributed by atoms with Gasteiger partial charge in [0.25, 0.3) is 0 Å². The minimum Gasteiger partial charge on any atom is -0.301 e. The summed E-state index contributed by atoms with van der Waals surface area (Å²) in [4.78, 5) is 20.0. The van der Waals surface area contributed by atoms with Gasteiger partial charge in [-0.15, -0.1) is 11.3 Å². The zero-order valence-electron chi connectivity index (χ0n) is 12.2. The summed E-state index contributed by atoms with van der Waals surface area (Å²) < 4.78 is 0. The summed E-state index contributed by atoms with van der Waals surface area (Å²) in [6, 6.07) is 7.32. The van der Waals surface area contributed by atoms with Crippen molar-refractivity contribution in [2.45, 2.75) is 13.0 Å². The molecule has 0 spiro atoms. The molecule has 0 atom stereocenters. The lowest BCUT2D eigenvalue weighted by Gasteiger charge is -2.20. The number of nitrogens with zero attached hydrogens (tertiary/aromatic N) is 2. The average Bonchev–Trinajstić information content (AvgIpc) is 2.88. The maximum absolute atomic E-state index is 12.0. The average molecular weight is 334 g/mol. The van der Waals surface area contributed by atoms with Crippen LogP contribution in [0.4, 0.5) is 5.13 Å². The smallest absolute Gasteiger partial charge is 0.250 e. The largest absolute Gasteiger partial charge is 0.301 e. The van der Waals surface area contributed by atoms with Crippen LogP contribution in [0.3, 0.4) is 0 Å². The molecule has 2 aromatic rings. The predicted octanol–water partition coefficient (Wildman–Crippen LogP) is 3.44. The van der Waals surface area contributed by atoms with Crippen LogP contribution < -0.4 is 5.32 Å². The molecular formula is C16H16ClN3OS. The van der Waals surface area contributed by atoms with Crippen molar-refractivity contribution in [3.63, 3.8) is 0 Å². The van der Waals surface area contributed by atoms with E-state index in [1.54, 1.807) is 29.5 Å². The highest BCUT2D eigenvalue weighted by Crippen LogP contribution is 2.27. The quantitative estimate of drug-likeness (QED) is 0.875. The van der Waals surface area contributed by atoms with E-state index < -0.39 is 0 Å². The first-order valence-electron chi connectivity index (χ1n) is 7.02. The van der Waals surface area contributed by atoms with Crippen molar-refractivity contribution in [2.24, 2.45) is 0 Å². The maximum Gasteiger partial charge on any atom is 0.250 e. The highest BCUT2D eigenvalue weighted by atomic mass is 35.5. The van der Waals surface area contributed by atoms with E-state index >= 15 is 0 Å². The Balaban J connectivity index is 1.63. The lowest BCUT2D eigenvalue weighted by Crippen LogP contribution is -2.25. The highest BCUT2D eigenvalue weighted by Gasteiger charge is 2.18. The Bertz CT molecular complexity index is 709. The summed E-state index contributed by atoms with van der Waals surface area (Å²) in [6.45, 7) is 1.92. The number of fused-ring (bicyclic) bond motifs is 1. The molecule has 1 aromatic heterocycles. The van der Waals surface area contributed by atoms with Gasteiger partial charge in [0.1, 0.15) is 0 Å². The summed E-state index contributed by atoms with van der Waals surface area (Å²) in [7, 11) is 2.09. The fraction of sp³-hybridized carbons (Fsp3) is 0.250. The van der Waals surface area contributed by atoms with Crippen LogP contribution >= 0.6 is 22.9 Å². The lowest BCUT2D eigenvalue weighted by molar-refractivity contribution is -0.111. The molecule has 1 aliphatic heterocycles. The fourth-order valence-corrected chi connectivity index (χ4v) is 3.49. The van der Waals surface area contributed by atoms with Gasteiger partial charge in [-0.1, -0.05) is 23.7 Å². The second-order valence-corrected chi connectivity index (χ2v) is 6.77. The summed E-state index contributed by atoms with van der Waals surface area (Å²) >= 11 is 7.38. The second-order valence-electron chi connectivity index (χ2n) is 5.25. The number of hydrogen-bond acceptors (Lipinski definition) is 4. The van der Waals surface area contributed by atoms with Gasteiger partial charge in [0, 0.05) is 35.5 Å². The number of thiazole rings is 1. The zero-order valence-corrected chi connectivity index (χ0v) is 13.7. The SMILES string of the molecule is CN1CCc2nc(NC(=O)/C=C/c3ccc(Cl)cc3)sc2C1. The number of rotatable bonds is 3. The standard InChI is InChI=1S/C16H16ClN3OS/c1-20-9-8-13-14(10-20)22-16(18-13)19-15(21)7-4-11-2-5-12(17)6-3-11/h2-7H,8-10H2,1H3,(H,18,19,21)/b7-4+. The van der Waals surface area contributed by atoms with Crippen LogP contribution in [0.5, 0.6) is 0 Å². The van der Waals surface area contributed by atoms with Crippen LogP contribution in [0.1, 0.15) is 16.1 Å². The molecular weight excluding hydrogens is 318 g/mol. The number of nitrogens with one attached hydrogen (secondary N) is 1. The van der Waals surface area contributed by atoms with Crippen molar-refractivity contribution in [3.8, 4) is 0 Å². The molecule has 114 valence electrons. The van der Waals surface area contributed by atoms with Crippen molar-refractivity contribution in [3.05, 3.63) is 51.5 Å². The molecule has 2 heterocycles. The second kappa shape index (κ2) is 6.60. The van der Waals surface area contributed by atoms with E-state index in [0.29, 0.717) is 10.2 Å². The first kappa shape index (κ1) is 15.2. The highest BCUT2D eigenvalue weighted by molar-refractivity contribution is 7.15. The molecule has 1 amide bonds. The number of benzene rings is 1. The lowest BCUT2D eigenvalue weighted by atomic mass is 10.2. The zero-order chi connectivity index (χ0) is 15.5. The molecule has 1 N–H and O–H groups in total. The van der Waals surface area contributed by atoms with Crippen LogP contribution in [0.25, 0.3) is 6.08 Å². The van der Waals surface area contributed by atoms with E-state index in [-0.39, 0.29) is 5.91 Å². The Morgan fingerprint density at radius 1 is 1.41 bits per heavy atom. The van der Waals surface area contributed by atoms with Gasteiger partial charge in [0.2, 0.25) is 5.91 Å². The minimum atomic E-state index is -0.172. The van der Waals surface area contributed by atoms with E-state index in [0.717, 1.165) is 30.8 Å². The van der Waals surface area contributed by atoms with Crippen LogP contribution in [0.2, 0.25) is 5.02 Å². The Hall–Kier alpha value is -1.69. The summed E-state index contributed by atoms with van der Waals surface area (Å²) in [5.41, 5.74) is 2.04. The number of hydrogen-bond donors (Lipinski definition) is 1. The summed E-state index contributed by atoms with van der Waals surface area (Å²) in [6.07, 6.45) is 4.21. The topological polar surface area (TPSA) is 45.2 Å². The molecule has 0 aliphatic carbocycles. The van der Waals surface area contributed by atoms with Crippen molar-refractivity contribution in [1.82, 2.24) is 9.88 Å². The molecule has 0 saturated heterocycles. The van der Waals surface area contributed by atoms with Gasteiger partial charge in [-0.05, 0) is 30.8 Å². The first-order valence-corrected chi connectivity index (χ1v) is 8.21. The molecule has 0 saturated carbocycles. The molecule has 3 rings (SSSR count). The van der Waals surface area contributed by atoms with Gasteiger partial charge >= 0.3 is 0 Å². The normalized spacial score (nSPS) is 15.0. The van der Waals surface area contributed by atoms with Gasteiger partial charge < -0.3 is 4.90 Å². The van der Waals surface area contributed by atoms with E-state index in [1.165, 1.54) is 11.0 Å². The molecule has 1 aromatic carbocycles. The number of anilines is 1. The molecule has 0 radical (unpaired) electrons. The molecule has 4 nitrogen and oxygen atoms in total. The van der Waals surface area contributed by atoms with Crippen LogP contribution in [0, 0.1) is 0 Å². The van der Waals surface area contributed by atoms with E-state index in [4.69, 9.17) is 11.6 Å². The third-order valence-electron chi connectivity index (χ3n) is 3.45. The first-order chi connectivity index (χ1) is 10.6. The molecule has 0 bridgehead atoms. The van der Waals surface area contributed by atoms with Crippen molar-refractivity contribution in [1.29, 1.82) is 0 Å². The van der Waals surface area contributed by atoms with Crippen LogP contribution in [-0.4, -0.2) is 29.4 Å². The van der Waals surface area contributed by atoms with Gasteiger partial charge in [0.05, 0.1) is 5.69 Å². The molecule has 0 unspecified atom stereocenters. The van der Waals surface area contributed by atoms with Crippen LogP contribution in [0.15, 0.2) is 30.3 Å². The van der Waals surface area contributed by atoms with Gasteiger partial charge in [0.15, 0.2) is 5.13 Å². The predicted molar refractivity (Wildman–Crippen MR) is 91.3 cm³/mol. The Morgan fingerprint density at radius 2 is 2.18 bits per heavy atom. The maximum atomic E-state index is 12.0. The molecule has 22 heavy (non-hydrogen) atoms. The van der Waals surface area contributed by atoms with Gasteiger partial charge in [-0.2, -0.15) is 0 Å². The van der Waals surface area contributed by atoms with Gasteiger partial charge in [-0.25, -0.2) is 4.98 Å². The van der Waals surface area contributed by atoms with Crippen molar-refractivity contribution < 1.29 is 4.79 Å². The van der Waals surface area contributed by atoms with Gasteiger partial charge in [-0.3, -0.25) is 10.1 Å². The van der Waals surface area contributed by atoms with Crippen LogP contribution in [-0.2, 0) is 17.8 Å². The summed E-state index contributed by atoms with van der Waals surface area (Å²) in [5.74, 6) is -0.172.